The van der Waals surface area contributed by atoms with Gasteiger partial charge in [-0.2, -0.15) is 0 Å². The van der Waals surface area contributed by atoms with Crippen LogP contribution in [-0.2, 0) is 9.22 Å². The van der Waals surface area contributed by atoms with Gasteiger partial charge in [-0.05, 0) is 0 Å². The molecule has 22 heavy (non-hydrogen) atoms. The summed E-state index contributed by atoms with van der Waals surface area (Å²) in [5.41, 5.74) is -0.605. The third-order valence-corrected chi connectivity index (χ3v) is 7.47. The van der Waals surface area contributed by atoms with Crippen molar-refractivity contribution in [3.8, 4) is 0 Å². The fraction of sp³-hybridized carbons (Fsp3) is 0.500. The van der Waals surface area contributed by atoms with Gasteiger partial charge in [0.2, 0.25) is 0 Å². The van der Waals surface area contributed by atoms with Gasteiger partial charge in [0.15, 0.2) is 0 Å². The average molecular weight is 381 g/mol. The van der Waals surface area contributed by atoms with Crippen LogP contribution < -0.4 is 4.46 Å². The second kappa shape index (κ2) is 7.27. The first kappa shape index (κ1) is 17.7. The van der Waals surface area contributed by atoms with E-state index in [0.29, 0.717) is 12.2 Å². The first-order valence-electron chi connectivity index (χ1n) is 7.93. The molecule has 0 heterocycles. The summed E-state index contributed by atoms with van der Waals surface area (Å²) in [6.07, 6.45) is 5.43. The van der Waals surface area contributed by atoms with Crippen LogP contribution in [0.25, 0.3) is 0 Å². The van der Waals surface area contributed by atoms with Crippen LogP contribution in [0, 0.1) is 0 Å². The van der Waals surface area contributed by atoms with Crippen molar-refractivity contribution in [3.63, 3.8) is 0 Å². The Bertz CT molecular complexity index is 524. The number of carbonyl (C=O) groups excluding carboxylic acids is 1. The standard InChI is InChI=1S/C18H26O2SeSi/c1-5-13-18(20-22(2,3)4)14-9-12-16(17(18)19)21-15-10-7-6-8-11-15/h5-8,10-11,16H,1,9,12-14H2,2-4H3/t16?,18-/m1/s1. The van der Waals surface area contributed by atoms with Crippen LogP contribution in [0.5, 0.6) is 0 Å². The summed E-state index contributed by atoms with van der Waals surface area (Å²) in [6, 6.07) is 10.4. The number of hydrogen-bond donors (Lipinski definition) is 0. The maximum absolute atomic E-state index is 13.2. The normalized spacial score (nSPS) is 26.0. The SMILES string of the molecule is C=CC[C@@]1(O[Si](C)(C)C)CCCC([Se]c2ccccc2)C1=O. The van der Waals surface area contributed by atoms with Gasteiger partial charge in [-0.3, -0.25) is 0 Å². The Hall–Kier alpha value is -0.674. The molecule has 0 N–H and O–H groups in total. The second-order valence-electron chi connectivity index (χ2n) is 6.88. The van der Waals surface area contributed by atoms with Crippen molar-refractivity contribution in [2.75, 3.05) is 0 Å². The van der Waals surface area contributed by atoms with Gasteiger partial charge in [-0.1, -0.05) is 0 Å². The summed E-state index contributed by atoms with van der Waals surface area (Å²) in [5, 5.41) is 0. The van der Waals surface area contributed by atoms with Crippen molar-refractivity contribution in [1.82, 2.24) is 0 Å². The summed E-state index contributed by atoms with van der Waals surface area (Å²) in [5.74, 6) is 0.324. The van der Waals surface area contributed by atoms with E-state index in [9.17, 15) is 4.79 Å². The first-order chi connectivity index (χ1) is 10.4. The molecule has 0 amide bonds. The van der Waals surface area contributed by atoms with Crippen molar-refractivity contribution in [1.29, 1.82) is 0 Å². The molecule has 4 heteroatoms. The number of Topliss-reactive ketones (excluding diaryl/α,β-unsaturated/α-hetero) is 1. The Labute approximate surface area is 141 Å². The van der Waals surface area contributed by atoms with Crippen LogP contribution in [0.2, 0.25) is 24.5 Å². The van der Waals surface area contributed by atoms with Gasteiger partial charge in [0.25, 0.3) is 0 Å². The van der Waals surface area contributed by atoms with E-state index in [2.05, 4.69) is 50.5 Å². The summed E-state index contributed by atoms with van der Waals surface area (Å²) < 4.78 is 7.72. The summed E-state index contributed by atoms with van der Waals surface area (Å²) in [6.45, 7) is 10.4. The van der Waals surface area contributed by atoms with E-state index in [1.807, 2.05) is 12.1 Å². The second-order valence-corrected chi connectivity index (χ2v) is 14.0. The number of benzene rings is 1. The molecule has 1 aromatic rings. The van der Waals surface area contributed by atoms with Crippen LogP contribution in [0.4, 0.5) is 0 Å². The van der Waals surface area contributed by atoms with Crippen LogP contribution in [-0.4, -0.2) is 34.7 Å². The van der Waals surface area contributed by atoms with E-state index in [4.69, 9.17) is 4.43 Å². The zero-order chi connectivity index (χ0) is 16.2. The third-order valence-electron chi connectivity index (χ3n) is 3.79. The minimum atomic E-state index is -1.78. The van der Waals surface area contributed by atoms with E-state index in [0.717, 1.165) is 19.3 Å². The molecule has 0 aromatic heterocycles. The molecule has 1 aliphatic rings. The molecule has 0 aliphatic heterocycles. The Morgan fingerprint density at radius 2 is 2.05 bits per heavy atom. The molecule has 1 unspecified atom stereocenters. The molecule has 2 nitrogen and oxygen atoms in total. The maximum atomic E-state index is 13.2. The van der Waals surface area contributed by atoms with Gasteiger partial charge >= 0.3 is 141 Å². The fourth-order valence-electron chi connectivity index (χ4n) is 3.06. The molecule has 1 aliphatic carbocycles. The van der Waals surface area contributed by atoms with Gasteiger partial charge < -0.3 is 0 Å². The van der Waals surface area contributed by atoms with E-state index >= 15 is 0 Å². The third kappa shape index (κ3) is 4.42. The quantitative estimate of drug-likeness (QED) is 0.555. The van der Waals surface area contributed by atoms with E-state index < -0.39 is 13.9 Å². The molecule has 2 rings (SSSR count). The van der Waals surface area contributed by atoms with Crippen molar-refractivity contribution in [3.05, 3.63) is 43.0 Å². The fourth-order valence-corrected chi connectivity index (χ4v) is 7.14. The Morgan fingerprint density at radius 1 is 1.36 bits per heavy atom. The van der Waals surface area contributed by atoms with Crippen LogP contribution in [0.1, 0.15) is 25.7 Å². The molecule has 1 saturated carbocycles. The summed E-state index contributed by atoms with van der Waals surface area (Å²) >= 11 is 0.188. The zero-order valence-corrected chi connectivity index (χ0v) is 16.5. The van der Waals surface area contributed by atoms with Gasteiger partial charge in [0, 0.05) is 0 Å². The first-order valence-corrected chi connectivity index (χ1v) is 13.2. The Morgan fingerprint density at radius 3 is 2.64 bits per heavy atom. The molecule has 0 spiro atoms. The number of hydrogen-bond acceptors (Lipinski definition) is 2. The molecule has 0 radical (unpaired) electrons. The average Bonchev–Trinajstić information content (AvgIpc) is 2.44. The van der Waals surface area contributed by atoms with Crippen molar-refractivity contribution < 1.29 is 9.22 Å². The Balaban J connectivity index is 2.20. The van der Waals surface area contributed by atoms with Crippen LogP contribution in [0.15, 0.2) is 43.0 Å². The topological polar surface area (TPSA) is 26.3 Å². The number of carbonyl (C=O) groups is 1. The monoisotopic (exact) mass is 382 g/mol. The number of rotatable bonds is 6. The van der Waals surface area contributed by atoms with Crippen LogP contribution in [0.3, 0.4) is 0 Å². The number of ketones is 1. The van der Waals surface area contributed by atoms with Gasteiger partial charge in [0.05, 0.1) is 0 Å². The van der Waals surface area contributed by atoms with E-state index in [-0.39, 0.29) is 19.8 Å². The predicted octanol–water partition coefficient (Wildman–Crippen LogP) is 3.72. The molecular weight excluding hydrogens is 355 g/mol. The molecule has 1 fully saturated rings. The van der Waals surface area contributed by atoms with Crippen molar-refractivity contribution >= 4 is 33.5 Å². The molecule has 120 valence electrons. The summed E-state index contributed by atoms with van der Waals surface area (Å²) in [7, 11) is -1.78. The van der Waals surface area contributed by atoms with Gasteiger partial charge in [0.1, 0.15) is 0 Å². The minimum absolute atomic E-state index is 0.139. The molecule has 1 aromatic carbocycles. The molecular formula is C18H26O2SeSi. The predicted molar refractivity (Wildman–Crippen MR) is 96.4 cm³/mol. The molecule has 0 saturated heterocycles. The van der Waals surface area contributed by atoms with Crippen molar-refractivity contribution in [2.45, 2.75) is 55.7 Å². The van der Waals surface area contributed by atoms with Gasteiger partial charge in [-0.25, -0.2) is 0 Å². The van der Waals surface area contributed by atoms with E-state index in [1.165, 1.54) is 4.46 Å². The zero-order valence-electron chi connectivity index (χ0n) is 13.8. The molecule has 2 atom stereocenters. The molecule has 0 bridgehead atoms. The van der Waals surface area contributed by atoms with E-state index in [1.54, 1.807) is 0 Å². The summed E-state index contributed by atoms with van der Waals surface area (Å²) in [4.78, 5) is 13.3. The van der Waals surface area contributed by atoms with Crippen molar-refractivity contribution in [2.24, 2.45) is 0 Å². The Kier molecular flexibility index (Phi) is 5.84. The van der Waals surface area contributed by atoms with Gasteiger partial charge in [-0.15, -0.1) is 0 Å². The van der Waals surface area contributed by atoms with Crippen LogP contribution >= 0.6 is 0 Å².